The van der Waals surface area contributed by atoms with Crippen LogP contribution in [-0.2, 0) is 4.79 Å². The lowest BCUT2D eigenvalue weighted by Gasteiger charge is -2.13. The smallest absolute Gasteiger partial charge is 0.261 e. The molecule has 0 atom stereocenters. The molecular weight excluding hydrogens is 448 g/mol. The summed E-state index contributed by atoms with van der Waals surface area (Å²) in [6, 6.07) is 18.1. The Kier molecular flexibility index (Phi) is 5.97. The summed E-state index contributed by atoms with van der Waals surface area (Å²) in [5, 5.41) is 5.78. The molecule has 168 valence electrons. The van der Waals surface area contributed by atoms with Crippen LogP contribution < -0.4 is 5.32 Å². The molecule has 0 unspecified atom stereocenters. The molecule has 2 aromatic heterocycles. The first kappa shape index (κ1) is 21.7. The number of imide groups is 1. The molecule has 0 saturated heterocycles. The van der Waals surface area contributed by atoms with Gasteiger partial charge in [0, 0.05) is 47.6 Å². The van der Waals surface area contributed by atoms with Gasteiger partial charge < -0.3 is 5.32 Å². The maximum atomic E-state index is 12.5. The molecule has 4 aromatic rings. The van der Waals surface area contributed by atoms with E-state index in [2.05, 4.69) is 10.3 Å². The van der Waals surface area contributed by atoms with Gasteiger partial charge in [-0.25, -0.2) is 4.98 Å². The number of aromatic nitrogens is 2. The van der Waals surface area contributed by atoms with Crippen LogP contribution in [-0.4, -0.2) is 39.1 Å². The SMILES string of the molecule is O=C(CCCN1C(=O)c2ccccc2C1=O)Nc1cccc(-c2csc(-c3ccncc3)n2)c1. The summed E-state index contributed by atoms with van der Waals surface area (Å²) in [4.78, 5) is 47.3. The van der Waals surface area contributed by atoms with Crippen LogP contribution in [0.3, 0.4) is 0 Å². The lowest BCUT2D eigenvalue weighted by atomic mass is 10.1. The van der Waals surface area contributed by atoms with Crippen LogP contribution in [0.15, 0.2) is 78.4 Å². The first-order chi connectivity index (χ1) is 16.6. The lowest BCUT2D eigenvalue weighted by molar-refractivity contribution is -0.116. The van der Waals surface area contributed by atoms with Gasteiger partial charge in [-0.15, -0.1) is 11.3 Å². The average molecular weight is 469 g/mol. The Hall–Kier alpha value is -4.17. The van der Waals surface area contributed by atoms with Crippen LogP contribution in [0.25, 0.3) is 21.8 Å². The second kappa shape index (κ2) is 9.36. The fourth-order valence-corrected chi connectivity index (χ4v) is 4.69. The fourth-order valence-electron chi connectivity index (χ4n) is 3.85. The molecule has 3 heterocycles. The number of nitrogens with one attached hydrogen (secondary N) is 1. The van der Waals surface area contributed by atoms with Gasteiger partial charge in [0.2, 0.25) is 5.91 Å². The lowest BCUT2D eigenvalue weighted by Crippen LogP contribution is -2.31. The minimum Gasteiger partial charge on any atom is -0.326 e. The predicted molar refractivity (Wildman–Crippen MR) is 130 cm³/mol. The molecule has 2 aromatic carbocycles. The van der Waals surface area contributed by atoms with E-state index in [-0.39, 0.29) is 30.7 Å². The van der Waals surface area contributed by atoms with Crippen molar-refractivity contribution in [2.75, 3.05) is 11.9 Å². The van der Waals surface area contributed by atoms with Crippen molar-refractivity contribution in [1.82, 2.24) is 14.9 Å². The van der Waals surface area contributed by atoms with Crippen molar-refractivity contribution < 1.29 is 14.4 Å². The number of carbonyl (C=O) groups excluding carboxylic acids is 3. The van der Waals surface area contributed by atoms with Gasteiger partial charge in [-0.1, -0.05) is 24.3 Å². The van der Waals surface area contributed by atoms with Gasteiger partial charge in [0.05, 0.1) is 16.8 Å². The molecule has 1 N–H and O–H groups in total. The minimum atomic E-state index is -0.303. The maximum absolute atomic E-state index is 12.5. The van der Waals surface area contributed by atoms with Gasteiger partial charge in [0.1, 0.15) is 5.01 Å². The van der Waals surface area contributed by atoms with Crippen LogP contribution in [0.1, 0.15) is 33.6 Å². The largest absolute Gasteiger partial charge is 0.326 e. The third-order valence-corrected chi connectivity index (χ3v) is 6.43. The van der Waals surface area contributed by atoms with Crippen molar-refractivity contribution in [3.63, 3.8) is 0 Å². The quantitative estimate of drug-likeness (QED) is 0.390. The third kappa shape index (κ3) is 4.35. The van der Waals surface area contributed by atoms with Crippen molar-refractivity contribution in [2.45, 2.75) is 12.8 Å². The summed E-state index contributed by atoms with van der Waals surface area (Å²) in [5.41, 5.74) is 4.25. The highest BCUT2D eigenvalue weighted by Crippen LogP contribution is 2.29. The number of pyridine rings is 1. The molecule has 3 amide bonds. The molecule has 1 aliphatic rings. The summed E-state index contributed by atoms with van der Waals surface area (Å²) in [6.07, 6.45) is 4.06. The standard InChI is InChI=1S/C26H20N4O3S/c31-23(9-4-14-30-25(32)20-7-1-2-8-21(20)26(30)33)28-19-6-3-5-18(15-19)22-16-34-24(29-22)17-10-12-27-13-11-17/h1-3,5-8,10-13,15-16H,4,9,14H2,(H,28,31). The van der Waals surface area contributed by atoms with E-state index in [0.717, 1.165) is 21.8 Å². The van der Waals surface area contributed by atoms with E-state index in [1.807, 2.05) is 41.8 Å². The fraction of sp³-hybridized carbons (Fsp3) is 0.115. The maximum Gasteiger partial charge on any atom is 0.261 e. The number of rotatable bonds is 7. The van der Waals surface area contributed by atoms with Crippen molar-refractivity contribution in [3.05, 3.63) is 89.6 Å². The molecular formula is C26H20N4O3S. The van der Waals surface area contributed by atoms with Gasteiger partial charge in [-0.3, -0.25) is 24.3 Å². The van der Waals surface area contributed by atoms with E-state index in [1.165, 1.54) is 4.90 Å². The number of benzene rings is 2. The van der Waals surface area contributed by atoms with E-state index in [1.54, 1.807) is 48.0 Å². The van der Waals surface area contributed by atoms with E-state index in [9.17, 15) is 14.4 Å². The normalized spacial score (nSPS) is 12.6. The zero-order chi connectivity index (χ0) is 23.5. The Morgan fingerprint density at radius 3 is 2.38 bits per heavy atom. The summed E-state index contributed by atoms with van der Waals surface area (Å²) >= 11 is 1.55. The van der Waals surface area contributed by atoms with Crippen molar-refractivity contribution >= 4 is 34.7 Å². The van der Waals surface area contributed by atoms with Crippen molar-refractivity contribution in [2.24, 2.45) is 0 Å². The van der Waals surface area contributed by atoms with Gasteiger partial charge >= 0.3 is 0 Å². The molecule has 0 radical (unpaired) electrons. The van der Waals surface area contributed by atoms with E-state index in [4.69, 9.17) is 4.98 Å². The molecule has 0 fully saturated rings. The number of thiazole rings is 1. The van der Waals surface area contributed by atoms with Gasteiger partial charge in [-0.05, 0) is 42.8 Å². The van der Waals surface area contributed by atoms with Crippen LogP contribution in [0, 0.1) is 0 Å². The highest BCUT2D eigenvalue weighted by molar-refractivity contribution is 7.13. The second-order valence-electron chi connectivity index (χ2n) is 7.81. The molecule has 34 heavy (non-hydrogen) atoms. The second-order valence-corrected chi connectivity index (χ2v) is 8.67. The number of anilines is 1. The van der Waals surface area contributed by atoms with Crippen LogP contribution in [0.4, 0.5) is 5.69 Å². The highest BCUT2D eigenvalue weighted by atomic mass is 32.1. The van der Waals surface area contributed by atoms with Crippen LogP contribution in [0.2, 0.25) is 0 Å². The molecule has 0 aliphatic carbocycles. The topological polar surface area (TPSA) is 92.3 Å². The molecule has 5 rings (SSSR count). The summed E-state index contributed by atoms with van der Waals surface area (Å²) < 4.78 is 0. The van der Waals surface area contributed by atoms with Crippen molar-refractivity contribution in [3.8, 4) is 21.8 Å². The summed E-state index contributed by atoms with van der Waals surface area (Å²) in [7, 11) is 0. The Balaban J connectivity index is 1.18. The van der Waals surface area contributed by atoms with E-state index in [0.29, 0.717) is 23.2 Å². The number of fused-ring (bicyclic) bond motifs is 1. The van der Waals surface area contributed by atoms with Gasteiger partial charge in [0.15, 0.2) is 0 Å². The molecule has 0 spiro atoms. The number of carbonyl (C=O) groups is 3. The first-order valence-electron chi connectivity index (χ1n) is 10.8. The number of nitrogens with zero attached hydrogens (tertiary/aromatic N) is 3. The molecule has 0 saturated carbocycles. The van der Waals surface area contributed by atoms with Gasteiger partial charge in [0.25, 0.3) is 11.8 Å². The van der Waals surface area contributed by atoms with E-state index >= 15 is 0 Å². The molecule has 7 nitrogen and oxygen atoms in total. The number of amides is 3. The van der Waals surface area contributed by atoms with Gasteiger partial charge in [-0.2, -0.15) is 0 Å². The van der Waals surface area contributed by atoms with Crippen molar-refractivity contribution in [1.29, 1.82) is 0 Å². The first-order valence-corrected chi connectivity index (χ1v) is 11.7. The molecule has 1 aliphatic heterocycles. The zero-order valence-corrected chi connectivity index (χ0v) is 18.9. The van der Waals surface area contributed by atoms with Crippen LogP contribution >= 0.6 is 11.3 Å². The highest BCUT2D eigenvalue weighted by Gasteiger charge is 2.34. The zero-order valence-electron chi connectivity index (χ0n) is 18.1. The Bertz CT molecular complexity index is 1350. The Labute approximate surface area is 200 Å². The Morgan fingerprint density at radius 1 is 0.912 bits per heavy atom. The van der Waals surface area contributed by atoms with E-state index < -0.39 is 0 Å². The average Bonchev–Trinajstić information content (AvgIpc) is 3.45. The molecule has 8 heteroatoms. The summed E-state index contributed by atoms with van der Waals surface area (Å²) in [6.45, 7) is 0.205. The predicted octanol–water partition coefficient (Wildman–Crippen LogP) is 4.89. The summed E-state index contributed by atoms with van der Waals surface area (Å²) in [5.74, 6) is -0.782. The molecule has 0 bridgehead atoms. The third-order valence-electron chi connectivity index (χ3n) is 5.54. The Morgan fingerprint density at radius 2 is 1.65 bits per heavy atom. The van der Waals surface area contributed by atoms with Crippen LogP contribution in [0.5, 0.6) is 0 Å². The minimum absolute atomic E-state index is 0.176. The monoisotopic (exact) mass is 468 g/mol. The number of hydrogen-bond donors (Lipinski definition) is 1. The number of hydrogen-bond acceptors (Lipinski definition) is 6.